The van der Waals surface area contributed by atoms with Crippen molar-refractivity contribution in [2.24, 2.45) is 0 Å². The van der Waals surface area contributed by atoms with Gasteiger partial charge in [0.25, 0.3) is 5.91 Å². The van der Waals surface area contributed by atoms with Crippen LogP contribution in [-0.2, 0) is 14.9 Å². The third-order valence-corrected chi connectivity index (χ3v) is 6.08. The molecule has 158 valence electrons. The van der Waals surface area contributed by atoms with Gasteiger partial charge in [0.05, 0.1) is 11.1 Å². The van der Waals surface area contributed by atoms with E-state index >= 15 is 0 Å². The number of aromatic nitrogens is 3. The number of hydrogen-bond donors (Lipinski definition) is 0. The fourth-order valence-corrected chi connectivity index (χ4v) is 4.31. The van der Waals surface area contributed by atoms with Crippen LogP contribution in [0.25, 0.3) is 0 Å². The van der Waals surface area contributed by atoms with E-state index in [1.54, 1.807) is 14.0 Å². The topological polar surface area (TPSA) is 104 Å². The lowest BCUT2D eigenvalue weighted by Gasteiger charge is -2.40. The summed E-state index contributed by atoms with van der Waals surface area (Å²) < 4.78 is 21.8. The molecule has 0 spiro atoms. The van der Waals surface area contributed by atoms with E-state index < -0.39 is 5.41 Å². The van der Waals surface area contributed by atoms with Gasteiger partial charge >= 0.3 is 0 Å². The summed E-state index contributed by atoms with van der Waals surface area (Å²) in [6.45, 7) is 4.94. The molecule has 9 nitrogen and oxygen atoms in total. The molecule has 4 heterocycles. The van der Waals surface area contributed by atoms with Gasteiger partial charge in [-0.15, -0.1) is 0 Å². The van der Waals surface area contributed by atoms with E-state index in [9.17, 15) is 4.79 Å². The Morgan fingerprint density at radius 2 is 2.21 bits per heavy atom. The highest BCUT2D eigenvalue weighted by Gasteiger charge is 2.43. The van der Waals surface area contributed by atoms with Crippen molar-refractivity contribution >= 4 is 5.91 Å². The summed E-state index contributed by atoms with van der Waals surface area (Å²) in [6, 6.07) is 0. The molecule has 1 atom stereocenters. The van der Waals surface area contributed by atoms with E-state index in [1.165, 1.54) is 6.39 Å². The Hall–Kier alpha value is -2.26. The molecule has 0 aromatic carbocycles. The lowest BCUT2D eigenvalue weighted by molar-refractivity contribution is 0.0537. The highest BCUT2D eigenvalue weighted by molar-refractivity contribution is 5.92. The summed E-state index contributed by atoms with van der Waals surface area (Å²) >= 11 is 0. The van der Waals surface area contributed by atoms with Crippen LogP contribution in [0.15, 0.2) is 15.3 Å². The van der Waals surface area contributed by atoms with E-state index in [0.717, 1.165) is 45.3 Å². The highest BCUT2D eigenvalue weighted by Crippen LogP contribution is 2.37. The van der Waals surface area contributed by atoms with Crippen LogP contribution in [0.5, 0.6) is 0 Å². The number of hydrogen-bond acceptors (Lipinski definition) is 8. The lowest BCUT2D eigenvalue weighted by Crippen LogP contribution is -2.49. The monoisotopic (exact) mass is 404 g/mol. The molecule has 1 amide bonds. The number of methoxy groups -OCH3 is 1. The zero-order valence-electron chi connectivity index (χ0n) is 17.1. The maximum Gasteiger partial charge on any atom is 0.291 e. The fraction of sp³-hybridized carbons (Fsp3) is 0.700. The molecular formula is C20H28N4O5. The van der Waals surface area contributed by atoms with Crippen molar-refractivity contribution in [3.05, 3.63) is 29.6 Å². The maximum absolute atomic E-state index is 13.0. The second-order valence-corrected chi connectivity index (χ2v) is 7.96. The van der Waals surface area contributed by atoms with Crippen LogP contribution >= 0.6 is 0 Å². The zero-order valence-corrected chi connectivity index (χ0v) is 17.1. The van der Waals surface area contributed by atoms with E-state index in [4.69, 9.17) is 23.4 Å². The largest absolute Gasteiger partial charge is 0.438 e. The van der Waals surface area contributed by atoms with E-state index in [-0.39, 0.29) is 11.8 Å². The number of oxazole rings is 1. The van der Waals surface area contributed by atoms with Gasteiger partial charge in [0.1, 0.15) is 0 Å². The van der Waals surface area contributed by atoms with Crippen molar-refractivity contribution in [1.29, 1.82) is 0 Å². The van der Waals surface area contributed by atoms with Gasteiger partial charge < -0.3 is 23.3 Å². The molecule has 2 aliphatic heterocycles. The molecule has 0 bridgehead atoms. The number of carbonyl (C=O) groups is 1. The first kappa shape index (κ1) is 20.0. The quantitative estimate of drug-likeness (QED) is 0.723. The van der Waals surface area contributed by atoms with E-state index in [0.29, 0.717) is 42.9 Å². The summed E-state index contributed by atoms with van der Waals surface area (Å²) in [5.41, 5.74) is 0.203. The minimum absolute atomic E-state index is 0.144. The Morgan fingerprint density at radius 1 is 1.38 bits per heavy atom. The van der Waals surface area contributed by atoms with Crippen LogP contribution in [0, 0.1) is 6.92 Å². The SMILES string of the molecule is COCCC1(c2noc(C3CCOCC3)n2)CCCN(C(=O)c2ocnc2C)C1. The Bertz CT molecular complexity index is 828. The second kappa shape index (κ2) is 8.62. The Morgan fingerprint density at radius 3 is 2.93 bits per heavy atom. The molecule has 0 aliphatic carbocycles. The summed E-state index contributed by atoms with van der Waals surface area (Å²) in [7, 11) is 1.68. The Balaban J connectivity index is 1.58. The lowest BCUT2D eigenvalue weighted by atomic mass is 9.76. The summed E-state index contributed by atoms with van der Waals surface area (Å²) in [5, 5.41) is 4.36. The number of amides is 1. The van der Waals surface area contributed by atoms with E-state index in [1.807, 2.05) is 4.90 Å². The van der Waals surface area contributed by atoms with Gasteiger partial charge in [0.2, 0.25) is 11.7 Å². The number of aryl methyl sites for hydroxylation is 1. The Kier molecular flexibility index (Phi) is 5.96. The number of rotatable bonds is 6. The predicted octanol–water partition coefficient (Wildman–Crippen LogP) is 2.47. The first-order chi connectivity index (χ1) is 14.1. The molecule has 0 N–H and O–H groups in total. The predicted molar refractivity (Wildman–Crippen MR) is 102 cm³/mol. The van der Waals surface area contributed by atoms with Gasteiger partial charge in [-0.3, -0.25) is 4.79 Å². The van der Waals surface area contributed by atoms with Crippen LogP contribution in [0.2, 0.25) is 0 Å². The summed E-state index contributed by atoms with van der Waals surface area (Å²) in [6.07, 6.45) is 5.54. The molecule has 1 unspecified atom stereocenters. The molecule has 2 saturated heterocycles. The molecule has 2 aliphatic rings. The molecule has 0 radical (unpaired) electrons. The molecule has 9 heteroatoms. The number of ether oxygens (including phenoxy) is 2. The second-order valence-electron chi connectivity index (χ2n) is 7.96. The third kappa shape index (κ3) is 4.06. The van der Waals surface area contributed by atoms with E-state index in [2.05, 4.69) is 10.1 Å². The number of piperidine rings is 1. The minimum atomic E-state index is -0.398. The first-order valence-electron chi connectivity index (χ1n) is 10.2. The normalized spacial score (nSPS) is 23.4. The van der Waals surface area contributed by atoms with Crippen LogP contribution in [-0.4, -0.2) is 66.0 Å². The molecular weight excluding hydrogens is 376 g/mol. The zero-order chi connectivity index (χ0) is 20.3. The first-order valence-corrected chi connectivity index (χ1v) is 10.2. The van der Waals surface area contributed by atoms with Crippen LogP contribution in [0.4, 0.5) is 0 Å². The highest BCUT2D eigenvalue weighted by atomic mass is 16.5. The van der Waals surface area contributed by atoms with Crippen molar-refractivity contribution in [3.8, 4) is 0 Å². The average Bonchev–Trinajstić information content (AvgIpc) is 3.42. The van der Waals surface area contributed by atoms with Crippen molar-refractivity contribution in [2.75, 3.05) is 40.0 Å². The molecule has 29 heavy (non-hydrogen) atoms. The number of carbonyl (C=O) groups excluding carboxylic acids is 1. The molecule has 2 aromatic rings. The molecule has 4 rings (SSSR count). The summed E-state index contributed by atoms with van der Waals surface area (Å²) in [5.74, 6) is 1.73. The fourth-order valence-electron chi connectivity index (χ4n) is 4.31. The minimum Gasteiger partial charge on any atom is -0.438 e. The molecule has 0 saturated carbocycles. The molecule has 2 fully saturated rings. The van der Waals surface area contributed by atoms with Crippen molar-refractivity contribution in [2.45, 2.75) is 50.4 Å². The van der Waals surface area contributed by atoms with Crippen LogP contribution in [0.3, 0.4) is 0 Å². The van der Waals surface area contributed by atoms with Gasteiger partial charge in [-0.25, -0.2) is 4.98 Å². The molecule has 2 aromatic heterocycles. The number of nitrogens with zero attached hydrogens (tertiary/aromatic N) is 4. The average molecular weight is 404 g/mol. The van der Waals surface area contributed by atoms with Gasteiger partial charge in [-0.1, -0.05) is 5.16 Å². The standard InChI is InChI=1S/C20H28N4O5/c1-14-16(28-13-21-14)18(25)24-8-3-6-20(12-24,7-11-26-2)19-22-17(29-23-19)15-4-9-27-10-5-15/h13,15H,3-12H2,1-2H3. The maximum atomic E-state index is 13.0. The van der Waals surface area contributed by atoms with Gasteiger partial charge in [-0.2, -0.15) is 4.98 Å². The van der Waals surface area contributed by atoms with Crippen molar-refractivity contribution < 1.29 is 23.2 Å². The van der Waals surface area contributed by atoms with Gasteiger partial charge in [-0.05, 0) is 39.0 Å². The summed E-state index contributed by atoms with van der Waals surface area (Å²) in [4.78, 5) is 23.7. The van der Waals surface area contributed by atoms with Gasteiger partial charge in [0, 0.05) is 45.9 Å². The Labute approximate surface area is 169 Å². The van der Waals surface area contributed by atoms with Gasteiger partial charge in [0.15, 0.2) is 12.2 Å². The van der Waals surface area contributed by atoms with Crippen LogP contribution < -0.4 is 0 Å². The smallest absolute Gasteiger partial charge is 0.291 e. The van der Waals surface area contributed by atoms with Crippen LogP contribution in [0.1, 0.15) is 66.0 Å². The van der Waals surface area contributed by atoms with Crippen molar-refractivity contribution in [1.82, 2.24) is 20.0 Å². The van der Waals surface area contributed by atoms with Crippen molar-refractivity contribution in [3.63, 3.8) is 0 Å². The third-order valence-electron chi connectivity index (χ3n) is 6.08. The number of likely N-dealkylation sites (tertiary alicyclic amines) is 1.